The highest BCUT2D eigenvalue weighted by Gasteiger charge is 2.16. The average molecular weight is 216 g/mol. The summed E-state index contributed by atoms with van der Waals surface area (Å²) in [5, 5.41) is 8.35. The fourth-order valence-electron chi connectivity index (χ4n) is 0.887. The van der Waals surface area contributed by atoms with Crippen LogP contribution in [0, 0.1) is 6.92 Å². The number of hydrogen-bond acceptors (Lipinski definition) is 5. The Balaban J connectivity index is 2.87. The molecular weight excluding hydrogens is 204 g/mol. The van der Waals surface area contributed by atoms with E-state index >= 15 is 0 Å². The molecule has 0 saturated heterocycles. The van der Waals surface area contributed by atoms with Gasteiger partial charge in [-0.25, -0.2) is 18.4 Å². The molecule has 0 amide bonds. The molecular formula is C8H12N2O3S. The van der Waals surface area contributed by atoms with Crippen molar-refractivity contribution in [2.24, 2.45) is 0 Å². The molecule has 5 nitrogen and oxygen atoms in total. The first-order valence-corrected chi connectivity index (χ1v) is 5.84. The van der Waals surface area contributed by atoms with Crippen LogP contribution in [0.4, 0.5) is 0 Å². The maximum atomic E-state index is 11.5. The van der Waals surface area contributed by atoms with Gasteiger partial charge in [0.05, 0.1) is 5.75 Å². The van der Waals surface area contributed by atoms with E-state index in [2.05, 4.69) is 9.97 Å². The summed E-state index contributed by atoms with van der Waals surface area (Å²) in [7, 11) is -3.42. The summed E-state index contributed by atoms with van der Waals surface area (Å²) < 4.78 is 22.9. The zero-order chi connectivity index (χ0) is 10.6. The number of aliphatic hydroxyl groups excluding tert-OH is 1. The number of rotatable bonds is 4. The summed E-state index contributed by atoms with van der Waals surface area (Å²) in [6.07, 6.45) is 3.12. The quantitative estimate of drug-likeness (QED) is 0.713. The molecule has 0 aliphatic rings. The van der Waals surface area contributed by atoms with Gasteiger partial charge in [-0.15, -0.1) is 0 Å². The molecule has 0 fully saturated rings. The number of aryl methyl sites for hydroxylation is 1. The fourth-order valence-corrected chi connectivity index (χ4v) is 2.01. The minimum Gasteiger partial charge on any atom is -0.396 e. The Labute approximate surface area is 82.8 Å². The lowest BCUT2D eigenvalue weighted by Crippen LogP contribution is -2.11. The van der Waals surface area contributed by atoms with Crippen molar-refractivity contribution in [3.8, 4) is 0 Å². The van der Waals surface area contributed by atoms with Crippen molar-refractivity contribution >= 4 is 9.84 Å². The molecule has 0 radical (unpaired) electrons. The van der Waals surface area contributed by atoms with E-state index < -0.39 is 9.84 Å². The normalized spacial score (nSPS) is 11.6. The smallest absolute Gasteiger partial charge is 0.247 e. The van der Waals surface area contributed by atoms with Crippen molar-refractivity contribution in [2.45, 2.75) is 18.5 Å². The fraction of sp³-hybridized carbons (Fsp3) is 0.500. The van der Waals surface area contributed by atoms with Crippen LogP contribution in [0.15, 0.2) is 17.6 Å². The number of nitrogens with zero attached hydrogens (tertiary/aromatic N) is 2. The summed E-state index contributed by atoms with van der Waals surface area (Å²) in [6, 6.07) is 0. The average Bonchev–Trinajstić information content (AvgIpc) is 2.16. The molecule has 0 aromatic carbocycles. The third-order valence-corrected chi connectivity index (χ3v) is 3.20. The van der Waals surface area contributed by atoms with E-state index in [0.717, 1.165) is 5.56 Å². The minimum atomic E-state index is -3.42. The molecule has 0 unspecified atom stereocenters. The van der Waals surface area contributed by atoms with Gasteiger partial charge in [0, 0.05) is 19.0 Å². The molecule has 1 aromatic rings. The monoisotopic (exact) mass is 216 g/mol. The van der Waals surface area contributed by atoms with Crippen LogP contribution >= 0.6 is 0 Å². The van der Waals surface area contributed by atoms with Crippen LogP contribution < -0.4 is 0 Å². The lowest BCUT2D eigenvalue weighted by Gasteiger charge is -2.00. The van der Waals surface area contributed by atoms with Gasteiger partial charge in [-0.1, -0.05) is 0 Å². The molecule has 6 heteroatoms. The molecule has 1 aromatic heterocycles. The second-order valence-electron chi connectivity index (χ2n) is 2.94. The Morgan fingerprint density at radius 2 is 1.93 bits per heavy atom. The van der Waals surface area contributed by atoms with Crippen LogP contribution in [0.2, 0.25) is 0 Å². The van der Waals surface area contributed by atoms with Gasteiger partial charge < -0.3 is 5.11 Å². The molecule has 0 spiro atoms. The zero-order valence-corrected chi connectivity index (χ0v) is 8.66. The van der Waals surface area contributed by atoms with Crippen molar-refractivity contribution in [3.05, 3.63) is 18.0 Å². The Morgan fingerprint density at radius 1 is 1.36 bits per heavy atom. The molecule has 1 N–H and O–H groups in total. The van der Waals surface area contributed by atoms with Gasteiger partial charge in [0.1, 0.15) is 0 Å². The summed E-state index contributed by atoms with van der Waals surface area (Å²) in [6.45, 7) is 1.63. The third-order valence-electron chi connectivity index (χ3n) is 1.61. The number of aliphatic hydroxyl groups is 1. The van der Waals surface area contributed by atoms with E-state index in [-0.39, 0.29) is 23.9 Å². The van der Waals surface area contributed by atoms with Crippen molar-refractivity contribution in [1.82, 2.24) is 9.97 Å². The largest absolute Gasteiger partial charge is 0.396 e. The summed E-state index contributed by atoms with van der Waals surface area (Å²) in [5.74, 6) is -0.118. The molecule has 14 heavy (non-hydrogen) atoms. The first kappa shape index (κ1) is 11.1. The molecule has 0 saturated carbocycles. The summed E-state index contributed by atoms with van der Waals surface area (Å²) in [5.41, 5.74) is 0.811. The second kappa shape index (κ2) is 4.47. The van der Waals surface area contributed by atoms with E-state index in [1.807, 2.05) is 0 Å². The van der Waals surface area contributed by atoms with Gasteiger partial charge in [-0.3, -0.25) is 0 Å². The van der Waals surface area contributed by atoms with Crippen molar-refractivity contribution < 1.29 is 13.5 Å². The maximum absolute atomic E-state index is 11.5. The second-order valence-corrected chi connectivity index (χ2v) is 4.94. The highest BCUT2D eigenvalue weighted by atomic mass is 32.2. The van der Waals surface area contributed by atoms with Gasteiger partial charge >= 0.3 is 0 Å². The van der Waals surface area contributed by atoms with Crippen LogP contribution in [0.3, 0.4) is 0 Å². The Morgan fingerprint density at radius 3 is 2.43 bits per heavy atom. The first-order chi connectivity index (χ1) is 6.56. The van der Waals surface area contributed by atoms with Crippen molar-refractivity contribution in [2.75, 3.05) is 12.4 Å². The highest BCUT2D eigenvalue weighted by Crippen LogP contribution is 2.05. The van der Waals surface area contributed by atoms with Crippen LogP contribution in [-0.4, -0.2) is 35.9 Å². The molecule has 0 aliphatic heterocycles. The Hall–Kier alpha value is -1.01. The van der Waals surface area contributed by atoms with Gasteiger partial charge in [0.25, 0.3) is 0 Å². The summed E-state index contributed by atoms with van der Waals surface area (Å²) >= 11 is 0. The van der Waals surface area contributed by atoms with Gasteiger partial charge in [-0.05, 0) is 18.9 Å². The third kappa shape index (κ3) is 2.74. The van der Waals surface area contributed by atoms with Gasteiger partial charge in [0.15, 0.2) is 0 Å². The maximum Gasteiger partial charge on any atom is 0.247 e. The van der Waals surface area contributed by atoms with Crippen LogP contribution in [0.25, 0.3) is 0 Å². The Kier molecular flexibility index (Phi) is 3.54. The van der Waals surface area contributed by atoms with E-state index in [0.29, 0.717) is 0 Å². The predicted molar refractivity (Wildman–Crippen MR) is 50.5 cm³/mol. The van der Waals surface area contributed by atoms with Crippen molar-refractivity contribution in [3.63, 3.8) is 0 Å². The summed E-state index contributed by atoms with van der Waals surface area (Å²) in [4.78, 5) is 7.44. The molecule has 1 heterocycles. The highest BCUT2D eigenvalue weighted by molar-refractivity contribution is 7.91. The van der Waals surface area contributed by atoms with Gasteiger partial charge in [0.2, 0.25) is 15.0 Å². The molecule has 0 atom stereocenters. The predicted octanol–water partition coefficient (Wildman–Crippen LogP) is -0.0589. The van der Waals surface area contributed by atoms with Crippen LogP contribution in [-0.2, 0) is 9.84 Å². The minimum absolute atomic E-state index is 0.118. The molecule has 0 aliphatic carbocycles. The van der Waals surface area contributed by atoms with E-state index in [1.54, 1.807) is 6.92 Å². The van der Waals surface area contributed by atoms with Crippen LogP contribution in [0.1, 0.15) is 12.0 Å². The molecule has 0 bridgehead atoms. The molecule has 78 valence electrons. The lowest BCUT2D eigenvalue weighted by atomic mass is 10.4. The van der Waals surface area contributed by atoms with E-state index in [9.17, 15) is 8.42 Å². The van der Waals surface area contributed by atoms with E-state index in [1.165, 1.54) is 12.4 Å². The van der Waals surface area contributed by atoms with Crippen molar-refractivity contribution in [1.29, 1.82) is 0 Å². The standard InChI is InChI=1S/C8H12N2O3S/c1-7-5-9-8(10-6-7)14(12,13)4-2-3-11/h5-6,11H,2-4H2,1H3. The zero-order valence-electron chi connectivity index (χ0n) is 7.84. The SMILES string of the molecule is Cc1cnc(S(=O)(=O)CCCO)nc1. The number of aromatic nitrogens is 2. The van der Waals surface area contributed by atoms with Gasteiger partial charge in [-0.2, -0.15) is 0 Å². The van der Waals surface area contributed by atoms with E-state index in [4.69, 9.17) is 5.11 Å². The number of sulfone groups is 1. The first-order valence-electron chi connectivity index (χ1n) is 4.18. The Bertz CT molecular complexity index is 386. The van der Waals surface area contributed by atoms with Crippen LogP contribution in [0.5, 0.6) is 0 Å². The molecule has 1 rings (SSSR count). The lowest BCUT2D eigenvalue weighted by molar-refractivity contribution is 0.295. The number of hydrogen-bond donors (Lipinski definition) is 1. The topological polar surface area (TPSA) is 80.2 Å².